The molecule has 3 N–H and O–H groups in total. The van der Waals surface area contributed by atoms with Gasteiger partial charge in [0, 0.05) is 23.7 Å². The van der Waals surface area contributed by atoms with Crippen LogP contribution in [0.2, 0.25) is 0 Å². The van der Waals surface area contributed by atoms with E-state index >= 15 is 0 Å². The van der Waals surface area contributed by atoms with Crippen molar-refractivity contribution in [3.63, 3.8) is 0 Å². The second-order valence-electron chi connectivity index (χ2n) is 9.92. The minimum atomic E-state index is -1.58. The summed E-state index contributed by atoms with van der Waals surface area (Å²) < 4.78 is 12.0. The fourth-order valence-corrected chi connectivity index (χ4v) is 7.88. The van der Waals surface area contributed by atoms with Gasteiger partial charge in [-0.2, -0.15) is 0 Å². The lowest BCUT2D eigenvalue weighted by molar-refractivity contribution is -0.306. The molecule has 2 unspecified atom stereocenters. The molecule has 11 atom stereocenters. The van der Waals surface area contributed by atoms with Crippen LogP contribution in [-0.2, 0) is 19.1 Å². The molecule has 5 fully saturated rings. The van der Waals surface area contributed by atoms with Gasteiger partial charge in [0.05, 0.1) is 19.1 Å². The highest BCUT2D eigenvalue weighted by molar-refractivity contribution is 5.85. The summed E-state index contributed by atoms with van der Waals surface area (Å²) in [5, 5.41) is 33.7. The minimum Gasteiger partial charge on any atom is -0.459 e. The van der Waals surface area contributed by atoms with Gasteiger partial charge in [-0.05, 0) is 24.2 Å². The zero-order chi connectivity index (χ0) is 19.5. The van der Waals surface area contributed by atoms with Crippen LogP contribution in [0.15, 0.2) is 0 Å². The Morgan fingerprint density at radius 2 is 1.81 bits per heavy atom. The monoisotopic (exact) mass is 380 g/mol. The quantitative estimate of drug-likeness (QED) is 0.509. The largest absolute Gasteiger partial charge is 0.459 e. The van der Waals surface area contributed by atoms with Crippen LogP contribution in [-0.4, -0.2) is 63.2 Å². The number of hydrogen-bond donors (Lipinski definition) is 3. The van der Waals surface area contributed by atoms with Crippen molar-refractivity contribution >= 4 is 11.8 Å². The fraction of sp³-hybridized carbons (Fsp3) is 0.900. The van der Waals surface area contributed by atoms with E-state index in [0.29, 0.717) is 6.42 Å². The van der Waals surface area contributed by atoms with Crippen LogP contribution in [0, 0.1) is 35.0 Å². The van der Waals surface area contributed by atoms with E-state index < -0.39 is 40.8 Å². The molecule has 7 nitrogen and oxygen atoms in total. The molecule has 0 aromatic rings. The average molecular weight is 380 g/mol. The summed E-state index contributed by atoms with van der Waals surface area (Å²) >= 11 is 0. The van der Waals surface area contributed by atoms with Gasteiger partial charge in [-0.25, -0.2) is 0 Å². The Labute approximate surface area is 158 Å². The number of aliphatic hydroxyl groups is 3. The van der Waals surface area contributed by atoms with Gasteiger partial charge in [-0.15, -0.1) is 0 Å². The van der Waals surface area contributed by atoms with Gasteiger partial charge in [-0.3, -0.25) is 9.59 Å². The fourth-order valence-electron chi connectivity index (χ4n) is 7.88. The van der Waals surface area contributed by atoms with Crippen molar-refractivity contribution in [2.45, 2.75) is 69.5 Å². The molecule has 150 valence electrons. The SMILES string of the molecule is CC1CC(=O)[C@@H](O)[C@]2(C)[C@@H]3C45OC[C@]3(O)[C@H](O)[C@H](C)[C@@H]4CC(=O)O[C@@H]5C[C@@H]12. The summed E-state index contributed by atoms with van der Waals surface area (Å²) in [7, 11) is 0. The maximum absolute atomic E-state index is 12.6. The van der Waals surface area contributed by atoms with E-state index in [1.165, 1.54) is 0 Å². The van der Waals surface area contributed by atoms with Crippen molar-refractivity contribution < 1.29 is 34.4 Å². The molecule has 7 heteroatoms. The van der Waals surface area contributed by atoms with E-state index in [9.17, 15) is 24.9 Å². The van der Waals surface area contributed by atoms with Crippen LogP contribution < -0.4 is 0 Å². The molecule has 1 spiro atoms. The number of aliphatic hydroxyl groups excluding tert-OH is 2. The lowest BCUT2D eigenvalue weighted by Crippen LogP contribution is -2.79. The molecular weight excluding hydrogens is 352 g/mol. The van der Waals surface area contributed by atoms with Crippen LogP contribution in [0.5, 0.6) is 0 Å². The van der Waals surface area contributed by atoms with Crippen LogP contribution in [0.4, 0.5) is 0 Å². The van der Waals surface area contributed by atoms with Gasteiger partial charge in [0.25, 0.3) is 0 Å². The summed E-state index contributed by atoms with van der Waals surface area (Å²) in [4.78, 5) is 24.9. The highest BCUT2D eigenvalue weighted by atomic mass is 16.6. The summed E-state index contributed by atoms with van der Waals surface area (Å²) in [6.45, 7) is 5.59. The van der Waals surface area contributed by atoms with E-state index in [0.717, 1.165) is 0 Å². The third-order valence-corrected chi connectivity index (χ3v) is 8.89. The van der Waals surface area contributed by atoms with Gasteiger partial charge in [0.15, 0.2) is 5.78 Å². The molecule has 27 heavy (non-hydrogen) atoms. The van der Waals surface area contributed by atoms with Crippen molar-refractivity contribution in [1.82, 2.24) is 0 Å². The zero-order valence-corrected chi connectivity index (χ0v) is 15.9. The Morgan fingerprint density at radius 1 is 1.11 bits per heavy atom. The molecule has 2 bridgehead atoms. The van der Waals surface area contributed by atoms with Gasteiger partial charge in [0.1, 0.15) is 23.4 Å². The number of carbonyl (C=O) groups excluding carboxylic acids is 2. The topological polar surface area (TPSA) is 113 Å². The smallest absolute Gasteiger partial charge is 0.306 e. The molecule has 3 aliphatic carbocycles. The minimum absolute atomic E-state index is 0.0122. The molecule has 2 aliphatic heterocycles. The predicted octanol–water partition coefficient (Wildman–Crippen LogP) is 0.0410. The Hall–Kier alpha value is -1.02. The van der Waals surface area contributed by atoms with Crippen LogP contribution in [0.1, 0.15) is 40.0 Å². The molecule has 3 saturated carbocycles. The van der Waals surface area contributed by atoms with Gasteiger partial charge < -0.3 is 24.8 Å². The van der Waals surface area contributed by atoms with Crippen molar-refractivity contribution in [1.29, 1.82) is 0 Å². The molecule has 5 rings (SSSR count). The first-order chi connectivity index (χ1) is 12.6. The Bertz CT molecular complexity index is 723. The summed E-state index contributed by atoms with van der Waals surface area (Å²) in [6, 6.07) is 0. The Balaban J connectivity index is 1.76. The van der Waals surface area contributed by atoms with Gasteiger partial charge in [-0.1, -0.05) is 20.8 Å². The predicted molar refractivity (Wildman–Crippen MR) is 91.3 cm³/mol. The standard InChI is InChI=1S/C20H28O7/c1-8-4-12(21)16(24)18(3)10(8)5-13-20-11(6-14(22)27-13)9(2)15(23)19(25,7-26-20)17(18)20/h8-11,13,15-17,23-25H,4-7H2,1-3H3/t8?,9-,10+,11+,13-,15-,16-,17+,18-,19+,20?/m1/s1. The molecule has 0 aromatic carbocycles. The summed E-state index contributed by atoms with van der Waals surface area (Å²) in [6.07, 6.45) is -1.97. The number of hydrogen-bond acceptors (Lipinski definition) is 7. The molecule has 0 radical (unpaired) electrons. The molecule has 2 heterocycles. The normalized spacial score (nSPS) is 61.9. The van der Waals surface area contributed by atoms with E-state index in [4.69, 9.17) is 9.47 Å². The van der Waals surface area contributed by atoms with E-state index in [-0.39, 0.29) is 54.9 Å². The number of Topliss-reactive ketones (excluding diaryl/α,β-unsaturated/α-hetero) is 1. The second kappa shape index (κ2) is 5.12. The zero-order valence-electron chi connectivity index (χ0n) is 15.9. The van der Waals surface area contributed by atoms with Crippen LogP contribution in [0.3, 0.4) is 0 Å². The molecular formula is C20H28O7. The highest BCUT2D eigenvalue weighted by Crippen LogP contribution is 2.71. The number of esters is 1. The molecule has 2 saturated heterocycles. The Kier molecular flexibility index (Phi) is 3.42. The van der Waals surface area contributed by atoms with Gasteiger partial charge >= 0.3 is 5.97 Å². The first kappa shape index (κ1) is 18.0. The van der Waals surface area contributed by atoms with Crippen molar-refractivity contribution in [3.05, 3.63) is 0 Å². The van der Waals surface area contributed by atoms with E-state index in [1.807, 2.05) is 20.8 Å². The lowest BCUT2D eigenvalue weighted by Gasteiger charge is -2.68. The number of rotatable bonds is 0. The molecule has 0 aromatic heterocycles. The van der Waals surface area contributed by atoms with Crippen LogP contribution in [0.25, 0.3) is 0 Å². The van der Waals surface area contributed by atoms with E-state index in [1.54, 1.807) is 0 Å². The van der Waals surface area contributed by atoms with E-state index in [2.05, 4.69) is 0 Å². The number of ether oxygens (including phenoxy) is 2. The van der Waals surface area contributed by atoms with Gasteiger partial charge in [0.2, 0.25) is 0 Å². The summed E-state index contributed by atoms with van der Waals surface area (Å²) in [5.74, 6) is -2.00. The first-order valence-electron chi connectivity index (χ1n) is 10.0. The van der Waals surface area contributed by atoms with Crippen molar-refractivity contribution in [2.75, 3.05) is 6.61 Å². The van der Waals surface area contributed by atoms with Crippen molar-refractivity contribution in [2.24, 2.45) is 35.0 Å². The number of ketones is 1. The Morgan fingerprint density at radius 3 is 2.52 bits per heavy atom. The maximum atomic E-state index is 12.6. The maximum Gasteiger partial charge on any atom is 0.306 e. The third kappa shape index (κ3) is 1.78. The van der Waals surface area contributed by atoms with Crippen LogP contribution >= 0.6 is 0 Å². The summed E-state index contributed by atoms with van der Waals surface area (Å²) in [5.41, 5.74) is -3.49. The average Bonchev–Trinajstić information content (AvgIpc) is 2.90. The first-order valence-corrected chi connectivity index (χ1v) is 10.0. The van der Waals surface area contributed by atoms with Crippen molar-refractivity contribution in [3.8, 4) is 0 Å². The lowest BCUT2D eigenvalue weighted by atomic mass is 9.39. The number of fused-ring (bicyclic) bond motifs is 1. The second-order valence-corrected chi connectivity index (χ2v) is 9.92. The molecule has 5 aliphatic rings. The highest BCUT2D eigenvalue weighted by Gasteiger charge is 2.82. The molecule has 0 amide bonds. The third-order valence-electron chi connectivity index (χ3n) is 8.89. The number of carbonyl (C=O) groups is 2.